The number of hydrogen-bond acceptors (Lipinski definition) is 4. The molecule has 122 valence electrons. The first-order valence-corrected chi connectivity index (χ1v) is 7.64. The second kappa shape index (κ2) is 7.70. The van der Waals surface area contributed by atoms with Gasteiger partial charge in [0.15, 0.2) is 11.5 Å². The Hall–Kier alpha value is -1.46. The van der Waals surface area contributed by atoms with Crippen molar-refractivity contribution in [3.8, 4) is 11.5 Å². The van der Waals surface area contributed by atoms with E-state index in [4.69, 9.17) is 15.2 Å². The van der Waals surface area contributed by atoms with Gasteiger partial charge in [-0.1, -0.05) is 12.5 Å². The number of hydrogen-bond donors (Lipinski definition) is 2. The Labute approximate surface area is 137 Å². The third kappa shape index (κ3) is 4.05. The van der Waals surface area contributed by atoms with Crippen LogP contribution < -0.4 is 20.5 Å². The zero-order chi connectivity index (χ0) is 14.7. The lowest BCUT2D eigenvalue weighted by molar-refractivity contribution is -0.126. The average molecular weight is 327 g/mol. The molecule has 6 heteroatoms. The molecule has 0 spiro atoms. The van der Waals surface area contributed by atoms with Crippen LogP contribution in [0.4, 0.5) is 0 Å². The van der Waals surface area contributed by atoms with E-state index in [9.17, 15) is 4.79 Å². The second-order valence-electron chi connectivity index (χ2n) is 5.82. The normalized spacial score (nSPS) is 23.3. The zero-order valence-corrected chi connectivity index (χ0v) is 13.4. The molecule has 2 unspecified atom stereocenters. The van der Waals surface area contributed by atoms with E-state index in [-0.39, 0.29) is 30.3 Å². The van der Waals surface area contributed by atoms with Crippen molar-refractivity contribution in [3.63, 3.8) is 0 Å². The van der Waals surface area contributed by atoms with Crippen LogP contribution >= 0.6 is 12.4 Å². The van der Waals surface area contributed by atoms with Gasteiger partial charge in [-0.15, -0.1) is 12.4 Å². The molecular weight excluding hydrogens is 304 g/mol. The minimum absolute atomic E-state index is 0. The highest BCUT2D eigenvalue weighted by Gasteiger charge is 2.25. The molecular formula is C16H23ClN2O3. The average Bonchev–Trinajstić information content (AvgIpc) is 2.52. The van der Waals surface area contributed by atoms with Crippen LogP contribution in [0.2, 0.25) is 0 Å². The smallest absolute Gasteiger partial charge is 0.223 e. The lowest BCUT2D eigenvalue weighted by atomic mass is 9.85. The Morgan fingerprint density at radius 2 is 2.00 bits per heavy atom. The van der Waals surface area contributed by atoms with Crippen molar-refractivity contribution in [2.24, 2.45) is 11.7 Å². The number of halogens is 1. The molecule has 1 aromatic rings. The quantitative estimate of drug-likeness (QED) is 0.891. The monoisotopic (exact) mass is 326 g/mol. The van der Waals surface area contributed by atoms with Gasteiger partial charge in [-0.05, 0) is 37.0 Å². The topological polar surface area (TPSA) is 73.6 Å². The van der Waals surface area contributed by atoms with E-state index in [0.717, 1.165) is 42.7 Å². The van der Waals surface area contributed by atoms with Crippen LogP contribution in [0.25, 0.3) is 0 Å². The number of carbonyl (C=O) groups excluding carboxylic acids is 1. The Morgan fingerprint density at radius 3 is 2.77 bits per heavy atom. The molecule has 0 bridgehead atoms. The summed E-state index contributed by atoms with van der Waals surface area (Å²) in [5.74, 6) is 1.70. The van der Waals surface area contributed by atoms with Gasteiger partial charge in [0.2, 0.25) is 5.91 Å². The van der Waals surface area contributed by atoms with Crippen LogP contribution in [0, 0.1) is 5.92 Å². The first-order valence-electron chi connectivity index (χ1n) is 7.64. The fourth-order valence-electron chi connectivity index (χ4n) is 3.00. The van der Waals surface area contributed by atoms with Gasteiger partial charge in [0.05, 0.1) is 0 Å². The molecule has 1 amide bonds. The van der Waals surface area contributed by atoms with E-state index in [1.54, 1.807) is 0 Å². The van der Waals surface area contributed by atoms with Crippen LogP contribution in [-0.4, -0.2) is 25.2 Å². The summed E-state index contributed by atoms with van der Waals surface area (Å²) in [5.41, 5.74) is 6.96. The molecule has 0 saturated heterocycles. The Bertz CT molecular complexity index is 524. The second-order valence-corrected chi connectivity index (χ2v) is 5.82. The fourth-order valence-corrected chi connectivity index (χ4v) is 3.00. The van der Waals surface area contributed by atoms with Gasteiger partial charge in [0, 0.05) is 18.5 Å². The highest BCUT2D eigenvalue weighted by molar-refractivity contribution is 5.85. The molecule has 1 aliphatic carbocycles. The Balaban J connectivity index is 0.00000176. The third-order valence-electron chi connectivity index (χ3n) is 4.16. The van der Waals surface area contributed by atoms with Crippen LogP contribution in [0.1, 0.15) is 31.2 Å². The van der Waals surface area contributed by atoms with Gasteiger partial charge in [-0.25, -0.2) is 0 Å². The highest BCUT2D eigenvalue weighted by Crippen LogP contribution is 2.30. The first kappa shape index (κ1) is 16.9. The van der Waals surface area contributed by atoms with Crippen molar-refractivity contribution in [1.82, 2.24) is 5.32 Å². The Morgan fingerprint density at radius 1 is 1.23 bits per heavy atom. The number of nitrogens with two attached hydrogens (primary N) is 1. The molecule has 2 atom stereocenters. The summed E-state index contributed by atoms with van der Waals surface area (Å²) in [6, 6.07) is 5.96. The molecule has 0 radical (unpaired) electrons. The maximum Gasteiger partial charge on any atom is 0.223 e. The predicted molar refractivity (Wildman–Crippen MR) is 86.5 cm³/mol. The number of rotatable bonds is 3. The molecule has 3 N–H and O–H groups in total. The SMILES string of the molecule is Cl.NC1CCCC(C(=O)NCc2ccc3c(c2)OCCO3)C1. The van der Waals surface area contributed by atoms with Crippen LogP contribution in [-0.2, 0) is 11.3 Å². The van der Waals surface area contributed by atoms with Gasteiger partial charge in [0.1, 0.15) is 13.2 Å². The molecule has 2 aliphatic rings. The third-order valence-corrected chi connectivity index (χ3v) is 4.16. The van der Waals surface area contributed by atoms with Gasteiger partial charge < -0.3 is 20.5 Å². The summed E-state index contributed by atoms with van der Waals surface area (Å²) < 4.78 is 11.0. The highest BCUT2D eigenvalue weighted by atomic mass is 35.5. The fraction of sp³-hybridized carbons (Fsp3) is 0.562. The number of ether oxygens (including phenoxy) is 2. The molecule has 22 heavy (non-hydrogen) atoms. The molecule has 1 aliphatic heterocycles. The molecule has 1 heterocycles. The minimum atomic E-state index is 0. The standard InChI is InChI=1S/C16H22N2O3.ClH/c17-13-3-1-2-12(9-13)16(19)18-10-11-4-5-14-15(8-11)21-7-6-20-14;/h4-5,8,12-13H,1-3,6-7,9-10,17H2,(H,18,19);1H. The molecule has 0 aromatic heterocycles. The zero-order valence-electron chi connectivity index (χ0n) is 12.5. The number of carbonyl (C=O) groups is 1. The predicted octanol–water partition coefficient (Wildman–Crippen LogP) is 2.01. The Kier molecular flexibility index (Phi) is 5.91. The van der Waals surface area contributed by atoms with Crippen LogP contribution in [0.5, 0.6) is 11.5 Å². The largest absolute Gasteiger partial charge is 0.486 e. The first-order chi connectivity index (χ1) is 10.2. The van der Waals surface area contributed by atoms with Crippen molar-refractivity contribution in [1.29, 1.82) is 0 Å². The van der Waals surface area contributed by atoms with Gasteiger partial charge >= 0.3 is 0 Å². The van der Waals surface area contributed by atoms with Gasteiger partial charge in [-0.3, -0.25) is 4.79 Å². The van der Waals surface area contributed by atoms with Gasteiger partial charge in [0.25, 0.3) is 0 Å². The molecule has 3 rings (SSSR count). The number of benzene rings is 1. The number of nitrogens with one attached hydrogen (secondary N) is 1. The number of amides is 1. The summed E-state index contributed by atoms with van der Waals surface area (Å²) in [5, 5.41) is 3.01. The van der Waals surface area contributed by atoms with Crippen molar-refractivity contribution in [3.05, 3.63) is 23.8 Å². The van der Waals surface area contributed by atoms with E-state index < -0.39 is 0 Å². The van der Waals surface area contributed by atoms with Crippen LogP contribution in [0.15, 0.2) is 18.2 Å². The maximum atomic E-state index is 12.2. The lowest BCUT2D eigenvalue weighted by Crippen LogP contribution is -2.37. The molecule has 1 saturated carbocycles. The van der Waals surface area contributed by atoms with E-state index >= 15 is 0 Å². The summed E-state index contributed by atoms with van der Waals surface area (Å²) in [4.78, 5) is 12.2. The summed E-state index contributed by atoms with van der Waals surface area (Å²) in [6.07, 6.45) is 3.82. The molecule has 5 nitrogen and oxygen atoms in total. The van der Waals surface area contributed by atoms with Crippen LogP contribution in [0.3, 0.4) is 0 Å². The molecule has 1 fully saturated rings. The van der Waals surface area contributed by atoms with E-state index in [0.29, 0.717) is 19.8 Å². The van der Waals surface area contributed by atoms with Crippen molar-refractivity contribution < 1.29 is 14.3 Å². The number of fused-ring (bicyclic) bond motifs is 1. The lowest BCUT2D eigenvalue weighted by Gasteiger charge is -2.25. The molecule has 1 aromatic carbocycles. The van der Waals surface area contributed by atoms with E-state index in [1.807, 2.05) is 18.2 Å². The summed E-state index contributed by atoms with van der Waals surface area (Å²) >= 11 is 0. The minimum Gasteiger partial charge on any atom is -0.486 e. The van der Waals surface area contributed by atoms with Crippen molar-refractivity contribution >= 4 is 18.3 Å². The van der Waals surface area contributed by atoms with E-state index in [1.165, 1.54) is 0 Å². The maximum absolute atomic E-state index is 12.2. The van der Waals surface area contributed by atoms with E-state index in [2.05, 4.69) is 5.32 Å². The summed E-state index contributed by atoms with van der Waals surface area (Å²) in [7, 11) is 0. The summed E-state index contributed by atoms with van der Waals surface area (Å²) in [6.45, 7) is 1.68. The van der Waals surface area contributed by atoms with Crippen molar-refractivity contribution in [2.45, 2.75) is 38.3 Å². The van der Waals surface area contributed by atoms with Crippen molar-refractivity contribution in [2.75, 3.05) is 13.2 Å². The van der Waals surface area contributed by atoms with Gasteiger partial charge in [-0.2, -0.15) is 0 Å².